The minimum atomic E-state index is -0.562. The number of nitrogens with one attached hydrogen (secondary N) is 1. The van der Waals surface area contributed by atoms with Crippen LogP contribution in [-0.2, 0) is 14.3 Å². The van der Waals surface area contributed by atoms with E-state index in [0.29, 0.717) is 17.9 Å². The molecule has 1 aliphatic carbocycles. The summed E-state index contributed by atoms with van der Waals surface area (Å²) in [6.07, 6.45) is 0.279. The van der Waals surface area contributed by atoms with Gasteiger partial charge in [0, 0.05) is 29.3 Å². The van der Waals surface area contributed by atoms with E-state index in [-0.39, 0.29) is 24.1 Å². The van der Waals surface area contributed by atoms with Gasteiger partial charge in [-0.3, -0.25) is 9.59 Å². The molecule has 0 saturated carbocycles. The van der Waals surface area contributed by atoms with E-state index in [1.807, 2.05) is 63.2 Å². The van der Waals surface area contributed by atoms with Crippen molar-refractivity contribution in [3.63, 3.8) is 0 Å². The van der Waals surface area contributed by atoms with Crippen molar-refractivity contribution >= 4 is 28.2 Å². The predicted molar refractivity (Wildman–Crippen MR) is 133 cm³/mol. The zero-order valence-electron chi connectivity index (χ0n) is 20.0. The number of carbonyl (C=O) groups is 2. The highest BCUT2D eigenvalue weighted by Gasteiger charge is 2.50. The Morgan fingerprint density at radius 3 is 2.50 bits per heavy atom. The molecule has 0 bridgehead atoms. The summed E-state index contributed by atoms with van der Waals surface area (Å²) in [6, 6.07) is 20.3. The average molecular weight is 456 g/mol. The van der Waals surface area contributed by atoms with Gasteiger partial charge in [0.2, 0.25) is 0 Å². The molecular formula is C29H29NO4. The van der Waals surface area contributed by atoms with Crippen LogP contribution in [0.3, 0.4) is 0 Å². The maximum absolute atomic E-state index is 13.7. The van der Waals surface area contributed by atoms with Gasteiger partial charge in [0.05, 0.1) is 13.7 Å². The molecule has 2 unspecified atom stereocenters. The molecule has 0 amide bonds. The van der Waals surface area contributed by atoms with Crippen LogP contribution in [-0.4, -0.2) is 25.5 Å². The Bertz CT molecular complexity index is 1320. The normalized spacial score (nSPS) is 20.9. The van der Waals surface area contributed by atoms with E-state index in [0.717, 1.165) is 33.3 Å². The van der Waals surface area contributed by atoms with Crippen LogP contribution in [0.25, 0.3) is 10.8 Å². The number of methoxy groups -OCH3 is 1. The van der Waals surface area contributed by atoms with Crippen molar-refractivity contribution in [1.29, 1.82) is 0 Å². The smallest absolute Gasteiger partial charge is 0.315 e. The number of fused-ring (bicyclic) bond motifs is 3. The monoisotopic (exact) mass is 455 g/mol. The fraction of sp³-hybridized carbons (Fsp3) is 0.310. The zero-order chi connectivity index (χ0) is 24.0. The summed E-state index contributed by atoms with van der Waals surface area (Å²) in [5, 5.41) is 5.70. The highest BCUT2D eigenvalue weighted by atomic mass is 16.5. The lowest BCUT2D eigenvalue weighted by molar-refractivity contribution is -0.148. The molecule has 3 aromatic rings. The van der Waals surface area contributed by atoms with Gasteiger partial charge in [0.1, 0.15) is 11.7 Å². The van der Waals surface area contributed by atoms with Crippen LogP contribution in [0.2, 0.25) is 0 Å². The number of carbonyl (C=O) groups excluding carboxylic acids is 2. The minimum absolute atomic E-state index is 0.0603. The number of hydrogen-bond acceptors (Lipinski definition) is 5. The zero-order valence-corrected chi connectivity index (χ0v) is 20.0. The maximum atomic E-state index is 13.7. The first-order valence-electron chi connectivity index (χ1n) is 11.7. The van der Waals surface area contributed by atoms with Crippen molar-refractivity contribution < 1.29 is 19.1 Å². The van der Waals surface area contributed by atoms with Gasteiger partial charge in [-0.05, 0) is 52.4 Å². The number of benzene rings is 3. The van der Waals surface area contributed by atoms with E-state index >= 15 is 0 Å². The van der Waals surface area contributed by atoms with Crippen molar-refractivity contribution in [2.75, 3.05) is 19.0 Å². The number of anilines is 1. The highest BCUT2D eigenvalue weighted by Crippen LogP contribution is 2.53. The molecule has 174 valence electrons. The Morgan fingerprint density at radius 2 is 1.79 bits per heavy atom. The van der Waals surface area contributed by atoms with Gasteiger partial charge in [-0.25, -0.2) is 0 Å². The van der Waals surface area contributed by atoms with Gasteiger partial charge in [-0.1, -0.05) is 56.3 Å². The van der Waals surface area contributed by atoms with Gasteiger partial charge in [0.15, 0.2) is 5.78 Å². The largest absolute Gasteiger partial charge is 0.494 e. The number of hydrogen-bond donors (Lipinski definition) is 1. The molecule has 0 saturated heterocycles. The second-order valence-corrected chi connectivity index (χ2v) is 9.68. The van der Waals surface area contributed by atoms with Gasteiger partial charge in [0.25, 0.3) is 0 Å². The maximum Gasteiger partial charge on any atom is 0.315 e. The molecular weight excluding hydrogens is 426 g/mol. The van der Waals surface area contributed by atoms with Crippen LogP contribution >= 0.6 is 0 Å². The van der Waals surface area contributed by atoms with Crippen molar-refractivity contribution in [3.8, 4) is 5.75 Å². The molecule has 0 fully saturated rings. The van der Waals surface area contributed by atoms with Gasteiger partial charge in [-0.15, -0.1) is 0 Å². The third kappa shape index (κ3) is 3.47. The van der Waals surface area contributed by atoms with E-state index in [2.05, 4.69) is 23.5 Å². The van der Waals surface area contributed by atoms with Crippen LogP contribution in [0.15, 0.2) is 71.9 Å². The minimum Gasteiger partial charge on any atom is -0.494 e. The van der Waals surface area contributed by atoms with Crippen LogP contribution in [0.4, 0.5) is 5.69 Å². The van der Waals surface area contributed by atoms with Gasteiger partial charge < -0.3 is 14.8 Å². The van der Waals surface area contributed by atoms with E-state index in [1.165, 1.54) is 7.11 Å². The lowest BCUT2D eigenvalue weighted by Gasteiger charge is -2.44. The first-order valence-corrected chi connectivity index (χ1v) is 11.7. The summed E-state index contributed by atoms with van der Waals surface area (Å²) < 4.78 is 10.9. The molecule has 5 heteroatoms. The summed E-state index contributed by atoms with van der Waals surface area (Å²) in [4.78, 5) is 26.7. The van der Waals surface area contributed by atoms with Gasteiger partial charge >= 0.3 is 5.97 Å². The van der Waals surface area contributed by atoms with Crippen LogP contribution in [0.1, 0.15) is 44.2 Å². The van der Waals surface area contributed by atoms with Crippen LogP contribution in [0.5, 0.6) is 5.75 Å². The average Bonchev–Trinajstić information content (AvgIpc) is 2.82. The Morgan fingerprint density at radius 1 is 1.06 bits per heavy atom. The second kappa shape index (κ2) is 8.32. The quantitative estimate of drug-likeness (QED) is 0.501. The second-order valence-electron chi connectivity index (χ2n) is 9.68. The molecule has 1 heterocycles. The molecule has 2 aliphatic rings. The summed E-state index contributed by atoms with van der Waals surface area (Å²) in [7, 11) is 1.41. The number of Topliss-reactive ketones (excluding diaryl/α,β-unsaturated/α-hetero) is 1. The van der Waals surface area contributed by atoms with E-state index in [9.17, 15) is 9.59 Å². The Kier molecular flexibility index (Phi) is 5.43. The predicted octanol–water partition coefficient (Wildman–Crippen LogP) is 5.84. The lowest BCUT2D eigenvalue weighted by atomic mass is 9.63. The van der Waals surface area contributed by atoms with Crippen molar-refractivity contribution in [2.24, 2.45) is 11.3 Å². The van der Waals surface area contributed by atoms with Crippen molar-refractivity contribution in [1.82, 2.24) is 0 Å². The van der Waals surface area contributed by atoms with E-state index in [4.69, 9.17) is 9.47 Å². The van der Waals surface area contributed by atoms with Crippen molar-refractivity contribution in [3.05, 3.63) is 83.1 Å². The summed E-state index contributed by atoms with van der Waals surface area (Å²) in [6.45, 7) is 6.46. The van der Waals surface area contributed by atoms with Gasteiger partial charge in [-0.2, -0.15) is 0 Å². The summed E-state index contributed by atoms with van der Waals surface area (Å²) in [5.74, 6) is -0.341. The Labute approximate surface area is 199 Å². The lowest BCUT2D eigenvalue weighted by Crippen LogP contribution is -2.44. The molecule has 0 aromatic heterocycles. The number of ketones is 1. The topological polar surface area (TPSA) is 64.6 Å². The molecule has 5 rings (SSSR count). The third-order valence-corrected chi connectivity index (χ3v) is 7.06. The fourth-order valence-corrected chi connectivity index (χ4v) is 5.58. The molecule has 1 aliphatic heterocycles. The van der Waals surface area contributed by atoms with Crippen LogP contribution in [0, 0.1) is 11.3 Å². The third-order valence-electron chi connectivity index (χ3n) is 7.06. The molecule has 2 atom stereocenters. The Balaban J connectivity index is 1.79. The molecule has 1 N–H and O–H groups in total. The molecule has 34 heavy (non-hydrogen) atoms. The molecule has 5 nitrogen and oxygen atoms in total. The number of ether oxygens (including phenoxy) is 2. The first kappa shape index (κ1) is 22.2. The standard InChI is InChI=1S/C29H29NO4/c1-5-34-19-13-10-18(11-14-19)23-24-20-9-7-6-8-17(20)12-15-21(24)30-27-25(23)22(31)16-29(2,3)26(27)28(32)33-4/h6-15,23,26,30H,5,16H2,1-4H3. The molecule has 3 aromatic carbocycles. The molecule has 0 radical (unpaired) electrons. The van der Waals surface area contributed by atoms with E-state index in [1.54, 1.807) is 0 Å². The SMILES string of the molecule is CCOc1ccc(C2C3=C(Nc4ccc5ccccc5c42)C(C(=O)OC)C(C)(C)CC3=O)cc1. The number of rotatable bonds is 4. The van der Waals surface area contributed by atoms with Crippen LogP contribution < -0.4 is 10.1 Å². The van der Waals surface area contributed by atoms with E-state index < -0.39 is 11.3 Å². The Hall–Kier alpha value is -3.60. The van der Waals surface area contributed by atoms with Crippen molar-refractivity contribution in [2.45, 2.75) is 33.1 Å². The fourth-order valence-electron chi connectivity index (χ4n) is 5.58. The molecule has 0 spiro atoms. The summed E-state index contributed by atoms with van der Waals surface area (Å²) >= 11 is 0. The number of allylic oxidation sites excluding steroid dienone is 1. The summed E-state index contributed by atoms with van der Waals surface area (Å²) in [5.41, 5.74) is 3.71. The number of esters is 1. The highest BCUT2D eigenvalue weighted by molar-refractivity contribution is 6.06. The first-order chi connectivity index (χ1) is 16.4.